The summed E-state index contributed by atoms with van der Waals surface area (Å²) in [6.07, 6.45) is 12.8. The summed E-state index contributed by atoms with van der Waals surface area (Å²) in [5.74, 6) is 0.874. The molecule has 10 rings (SSSR count). The summed E-state index contributed by atoms with van der Waals surface area (Å²) in [6.45, 7) is 13.9. The molecule has 0 aliphatic carbocycles. The molecule has 4 aromatic rings. The van der Waals surface area contributed by atoms with Crippen molar-refractivity contribution in [2.24, 2.45) is 0 Å². The molecule has 0 saturated carbocycles. The quantitative estimate of drug-likeness (QED) is 0.0867. The molecule has 0 bridgehead atoms. The van der Waals surface area contributed by atoms with E-state index in [-0.39, 0.29) is 58.2 Å². The Hall–Kier alpha value is -5.63. The number of ether oxygens (including phenoxy) is 4. The highest BCUT2D eigenvalue weighted by atomic mass is 35.5. The number of piperidine rings is 2. The minimum Gasteiger partial charge on any atom is -0.487 e. The lowest BCUT2D eigenvalue weighted by atomic mass is 9.84. The molecule has 368 valence electrons. The number of benzene rings is 2. The van der Waals surface area contributed by atoms with Gasteiger partial charge in [0, 0.05) is 59.5 Å². The fourth-order valence-corrected chi connectivity index (χ4v) is 11.0. The van der Waals surface area contributed by atoms with Crippen molar-refractivity contribution in [2.75, 3.05) is 61.2 Å². The van der Waals surface area contributed by atoms with Gasteiger partial charge in [-0.25, -0.2) is 18.7 Å². The van der Waals surface area contributed by atoms with Crippen molar-refractivity contribution in [3.63, 3.8) is 0 Å². The van der Waals surface area contributed by atoms with Gasteiger partial charge in [-0.15, -0.1) is 0 Å². The molecule has 6 aliphatic rings. The van der Waals surface area contributed by atoms with E-state index in [0.717, 1.165) is 57.9 Å². The number of nitrogens with zero attached hydrogens (tertiary/aromatic N) is 8. The van der Waals surface area contributed by atoms with Crippen molar-refractivity contribution in [3.8, 4) is 23.6 Å². The molecule has 4 unspecified atom stereocenters. The van der Waals surface area contributed by atoms with Crippen LogP contribution in [0.4, 0.5) is 37.7 Å². The van der Waals surface area contributed by atoms with Crippen LogP contribution in [0.25, 0.3) is 0 Å². The zero-order valence-corrected chi connectivity index (χ0v) is 40.6. The van der Waals surface area contributed by atoms with Crippen LogP contribution in [0.1, 0.15) is 103 Å². The smallest absolute Gasteiger partial charge is 0.229 e. The van der Waals surface area contributed by atoms with Crippen LogP contribution in [0.3, 0.4) is 0 Å². The topological polar surface area (TPSA) is 205 Å². The predicted molar refractivity (Wildman–Crippen MR) is 260 cm³/mol. The monoisotopic (exact) mass is 968 g/mol. The van der Waals surface area contributed by atoms with Gasteiger partial charge in [-0.1, -0.05) is 0 Å². The number of nitrogen functional groups attached to an aromatic ring is 1. The number of hydrogen-bond acceptors (Lipinski definition) is 16. The Bertz CT molecular complexity index is 2490. The lowest BCUT2D eigenvalue weighted by Gasteiger charge is -2.47. The van der Waals surface area contributed by atoms with Gasteiger partial charge < -0.3 is 40.6 Å². The summed E-state index contributed by atoms with van der Waals surface area (Å²) < 4.78 is 50.4. The van der Waals surface area contributed by atoms with Gasteiger partial charge in [0.2, 0.25) is 11.2 Å². The zero-order valence-electron chi connectivity index (χ0n) is 39.8. The lowest BCUT2D eigenvalue weighted by molar-refractivity contribution is 0.0498. The van der Waals surface area contributed by atoms with Crippen molar-refractivity contribution in [1.29, 1.82) is 10.5 Å². The van der Waals surface area contributed by atoms with E-state index in [2.05, 4.69) is 85.5 Å². The average molecular weight is 970 g/mol. The second-order valence-electron chi connectivity index (χ2n) is 19.9. The van der Waals surface area contributed by atoms with Gasteiger partial charge in [-0.2, -0.15) is 20.5 Å². The van der Waals surface area contributed by atoms with Crippen LogP contribution in [0.15, 0.2) is 48.8 Å². The molecule has 5 N–H and O–H groups in total. The van der Waals surface area contributed by atoms with E-state index >= 15 is 0 Å². The van der Waals surface area contributed by atoms with Crippen LogP contribution in [-0.4, -0.2) is 117 Å². The Morgan fingerprint density at radius 3 is 1.80 bits per heavy atom. The highest BCUT2D eigenvalue weighted by Crippen LogP contribution is 2.40. The Morgan fingerprint density at radius 2 is 1.26 bits per heavy atom. The predicted octanol–water partition coefficient (Wildman–Crippen LogP) is 8.61. The maximum Gasteiger partial charge on any atom is 0.229 e. The largest absolute Gasteiger partial charge is 0.487 e. The molecule has 69 heavy (non-hydrogen) atoms. The first-order chi connectivity index (χ1) is 33.2. The molecule has 6 aliphatic heterocycles. The normalized spacial score (nSPS) is 25.6. The molecular formula is C50H63ClF2N12O4. The first-order valence-electron chi connectivity index (χ1n) is 24.0. The Labute approximate surface area is 408 Å². The number of rotatable bonds is 10. The van der Waals surface area contributed by atoms with Crippen LogP contribution in [0.2, 0.25) is 5.28 Å². The summed E-state index contributed by atoms with van der Waals surface area (Å²) in [5, 5.41) is 28.2. The fraction of sp³-hybridized carbons (Fsp3) is 0.560. The Morgan fingerprint density at radius 1 is 0.739 bits per heavy atom. The van der Waals surface area contributed by atoms with E-state index in [0.29, 0.717) is 65.9 Å². The third-order valence-corrected chi connectivity index (χ3v) is 14.1. The van der Waals surface area contributed by atoms with Gasteiger partial charge >= 0.3 is 0 Å². The van der Waals surface area contributed by atoms with Crippen LogP contribution >= 0.6 is 11.6 Å². The molecular weight excluding hydrogens is 906 g/mol. The van der Waals surface area contributed by atoms with E-state index in [4.69, 9.17) is 41.5 Å². The number of nitriles is 2. The van der Waals surface area contributed by atoms with Gasteiger partial charge in [0.1, 0.15) is 35.8 Å². The second-order valence-corrected chi connectivity index (χ2v) is 20.3. The number of fused-ring (bicyclic) bond motifs is 2. The summed E-state index contributed by atoms with van der Waals surface area (Å²) in [5.41, 5.74) is 7.88. The molecule has 16 nitrogen and oxygen atoms in total. The highest BCUT2D eigenvalue weighted by molar-refractivity contribution is 6.28. The van der Waals surface area contributed by atoms with Gasteiger partial charge in [0.05, 0.1) is 49.9 Å². The van der Waals surface area contributed by atoms with E-state index in [1.165, 1.54) is 38.4 Å². The molecule has 0 amide bonds. The first kappa shape index (κ1) is 49.8. The van der Waals surface area contributed by atoms with Crippen LogP contribution in [0, 0.1) is 34.3 Å². The van der Waals surface area contributed by atoms with Crippen molar-refractivity contribution in [2.45, 2.75) is 139 Å². The molecule has 2 aromatic heterocycles. The van der Waals surface area contributed by atoms with E-state index in [1.807, 2.05) is 0 Å². The van der Waals surface area contributed by atoms with E-state index in [1.54, 1.807) is 36.4 Å². The minimum absolute atomic E-state index is 0.0407. The first-order valence-corrected chi connectivity index (χ1v) is 24.4. The molecule has 2 aromatic carbocycles. The maximum absolute atomic E-state index is 14.6. The molecule has 6 saturated heterocycles. The van der Waals surface area contributed by atoms with Crippen LogP contribution < -0.4 is 31.2 Å². The number of nitrogens with one attached hydrogen (secondary N) is 3. The van der Waals surface area contributed by atoms with E-state index in [9.17, 15) is 14.0 Å². The van der Waals surface area contributed by atoms with Crippen molar-refractivity contribution in [1.82, 2.24) is 29.7 Å². The molecule has 6 atom stereocenters. The van der Waals surface area contributed by atoms with Gasteiger partial charge in [0.15, 0.2) is 23.3 Å². The van der Waals surface area contributed by atoms with Gasteiger partial charge in [0.25, 0.3) is 0 Å². The number of nitrogens with two attached hydrogens (primary N) is 1. The number of aromatic nitrogens is 4. The standard InChI is InChI=1S/C25H31FN6O2.C14H20ClFN4.C11H12N2O2/c1-25(2)12-18(11-19-4-3-8-32(19)25)29-23-21(26)14-28-24(31-23)30-17-5-6-22(16(10-17)13-27)34-20-7-9-33-15-20;1-14(2)7-9(6-10-4-3-5-20(10)14)18-12-11(16)8-17-13(15)19-12;12-6-8-5-9(13)1-2-11(8)15-10-3-4-14-7-10/h5-6,10,14,18-20H,3-4,7-9,11-12,15H2,1-2H3,(H2,28,29,30,31);8-10H,3-7H2,1-2H3,(H,17,18,19);1-2,5,10H,3-4,7,13H2/t18?,19?,20-;;10-/m1.1/s1. The number of anilines is 5. The summed E-state index contributed by atoms with van der Waals surface area (Å²) >= 11 is 5.74. The summed E-state index contributed by atoms with van der Waals surface area (Å²) in [7, 11) is 0. The Balaban J connectivity index is 0.000000155. The van der Waals surface area contributed by atoms with Crippen molar-refractivity contribution in [3.05, 3.63) is 76.8 Å². The lowest BCUT2D eigenvalue weighted by Crippen LogP contribution is -2.55. The van der Waals surface area contributed by atoms with Crippen LogP contribution in [-0.2, 0) is 9.47 Å². The van der Waals surface area contributed by atoms with Crippen molar-refractivity contribution < 1.29 is 27.7 Å². The molecule has 8 heterocycles. The van der Waals surface area contributed by atoms with Gasteiger partial charge in [-0.3, -0.25) is 9.80 Å². The summed E-state index contributed by atoms with van der Waals surface area (Å²) in [4.78, 5) is 21.3. The molecule has 0 radical (unpaired) electrons. The molecule has 0 spiro atoms. The maximum atomic E-state index is 14.6. The number of hydrogen-bond donors (Lipinski definition) is 4. The highest BCUT2D eigenvalue weighted by Gasteiger charge is 2.44. The van der Waals surface area contributed by atoms with Gasteiger partial charge in [-0.05, 0) is 140 Å². The fourth-order valence-electron chi connectivity index (χ4n) is 10.8. The third kappa shape index (κ3) is 12.6. The third-order valence-electron chi connectivity index (χ3n) is 13.9. The minimum atomic E-state index is -0.475. The SMILES string of the molecule is CC1(C)CC(Nc2nc(Cl)ncc2F)CC2CCCN21.CC1(C)CC(Nc2nc(Nc3ccc(O[C@@H]4CCOC4)c(C#N)c3)ncc2F)CC2CCCN21.N#Cc1cc(N)ccc1O[C@@H]1CCOC1. The Kier molecular flexibility index (Phi) is 15.9. The molecule has 6 fully saturated rings. The second kappa shape index (κ2) is 22.0. The summed E-state index contributed by atoms with van der Waals surface area (Å²) in [6, 6.07) is 16.0. The molecule has 19 heteroatoms. The average Bonchev–Trinajstić information content (AvgIpc) is 4.17. The zero-order chi connectivity index (χ0) is 48.7. The van der Waals surface area contributed by atoms with E-state index < -0.39 is 11.6 Å². The van der Waals surface area contributed by atoms with Crippen molar-refractivity contribution >= 4 is 40.6 Å². The number of halogens is 3. The van der Waals surface area contributed by atoms with Crippen LogP contribution in [0.5, 0.6) is 11.5 Å².